The summed E-state index contributed by atoms with van der Waals surface area (Å²) in [4.78, 5) is 10.8. The van der Waals surface area contributed by atoms with Gasteiger partial charge in [0.25, 0.3) is 0 Å². The number of rotatable bonds is 7. The van der Waals surface area contributed by atoms with E-state index in [0.29, 0.717) is 6.42 Å². The van der Waals surface area contributed by atoms with Gasteiger partial charge in [0.05, 0.1) is 13.5 Å². The summed E-state index contributed by atoms with van der Waals surface area (Å²) in [5.74, 6) is -0.337. The molecule has 0 rings (SSSR count). The molecule has 0 heterocycles. The summed E-state index contributed by atoms with van der Waals surface area (Å²) in [6.45, 7) is 3.73. The molecule has 4 nitrogen and oxygen atoms in total. The Balaban J connectivity index is 4.49. The lowest BCUT2D eigenvalue weighted by molar-refractivity contribution is -0.144. The third-order valence-electron chi connectivity index (χ3n) is 2.61. The van der Waals surface area contributed by atoms with Crippen molar-refractivity contribution in [3.63, 3.8) is 0 Å². The van der Waals surface area contributed by atoms with Gasteiger partial charge in [-0.1, -0.05) is 0 Å². The molecule has 0 amide bonds. The van der Waals surface area contributed by atoms with Crippen LogP contribution in [0.3, 0.4) is 0 Å². The van der Waals surface area contributed by atoms with Crippen molar-refractivity contribution in [3.05, 3.63) is 0 Å². The third-order valence-corrected chi connectivity index (χ3v) is 2.92. The van der Waals surface area contributed by atoms with Gasteiger partial charge in [0.15, 0.2) is 6.29 Å². The summed E-state index contributed by atoms with van der Waals surface area (Å²) in [5, 5.41) is 0. The first kappa shape index (κ1) is 15.7. The molecule has 1 unspecified atom stereocenters. The Kier molecular flexibility index (Phi) is 6.95. The van der Waals surface area contributed by atoms with Crippen LogP contribution < -0.4 is 0 Å². The van der Waals surface area contributed by atoms with E-state index >= 15 is 0 Å². The molecule has 0 N–H and O–H groups in total. The summed E-state index contributed by atoms with van der Waals surface area (Å²) < 4.78 is 14.9. The number of hydrogen-bond donors (Lipinski definition) is 0. The fourth-order valence-corrected chi connectivity index (χ4v) is 1.58. The van der Waals surface area contributed by atoms with Crippen LogP contribution in [0.5, 0.6) is 0 Å². The molecule has 0 fully saturated rings. The minimum atomic E-state index is -0.510. The molecule has 1 atom stereocenters. The maximum absolute atomic E-state index is 11.3. The van der Waals surface area contributed by atoms with Gasteiger partial charge < -0.3 is 14.2 Å². The summed E-state index contributed by atoms with van der Waals surface area (Å²) in [6, 6.07) is 0. The molecule has 0 bridgehead atoms. The van der Waals surface area contributed by atoms with Gasteiger partial charge in [0.2, 0.25) is 0 Å². The number of alkyl halides is 1. The molecule has 0 aliphatic heterocycles. The summed E-state index contributed by atoms with van der Waals surface area (Å²) in [7, 11) is 4.49. The van der Waals surface area contributed by atoms with Crippen molar-refractivity contribution in [3.8, 4) is 0 Å². The predicted molar refractivity (Wildman–Crippen MR) is 62.5 cm³/mol. The van der Waals surface area contributed by atoms with Crippen molar-refractivity contribution in [2.24, 2.45) is 5.92 Å². The molecule has 96 valence electrons. The molecule has 0 saturated heterocycles. The minimum absolute atomic E-state index is 0.0634. The Labute approximate surface area is 102 Å². The number of carbonyl (C=O) groups is 1. The van der Waals surface area contributed by atoms with E-state index in [1.165, 1.54) is 7.11 Å². The first-order valence-corrected chi connectivity index (χ1v) is 5.54. The van der Waals surface area contributed by atoms with Crippen LogP contribution in [0.2, 0.25) is 0 Å². The standard InChI is InChI=1S/C11H21ClO4/c1-11(2,12)8(6-9(13)14-3)7-10(15-4)16-5/h8,10H,6-7H2,1-5H3. The second-order valence-corrected chi connectivity index (χ2v) is 5.15. The lowest BCUT2D eigenvalue weighted by atomic mass is 9.88. The van der Waals surface area contributed by atoms with Crippen LogP contribution in [0, 0.1) is 5.92 Å². The first-order chi connectivity index (χ1) is 7.35. The van der Waals surface area contributed by atoms with Gasteiger partial charge in [-0.25, -0.2) is 0 Å². The minimum Gasteiger partial charge on any atom is -0.469 e. The van der Waals surface area contributed by atoms with Gasteiger partial charge >= 0.3 is 5.97 Å². The van der Waals surface area contributed by atoms with Crippen LogP contribution in [0.1, 0.15) is 26.7 Å². The third kappa shape index (κ3) is 5.68. The molecule has 0 saturated carbocycles. The molecule has 0 aliphatic carbocycles. The second-order valence-electron chi connectivity index (χ2n) is 4.18. The lowest BCUT2D eigenvalue weighted by Crippen LogP contribution is -2.32. The SMILES string of the molecule is COC(=O)CC(CC(OC)OC)C(C)(C)Cl. The maximum atomic E-state index is 11.3. The highest BCUT2D eigenvalue weighted by Crippen LogP contribution is 2.32. The van der Waals surface area contributed by atoms with E-state index in [0.717, 1.165) is 0 Å². The lowest BCUT2D eigenvalue weighted by Gasteiger charge is -2.30. The van der Waals surface area contributed by atoms with Gasteiger partial charge in [-0.05, 0) is 19.8 Å². The van der Waals surface area contributed by atoms with Crippen LogP contribution in [0.25, 0.3) is 0 Å². The van der Waals surface area contributed by atoms with Crippen LogP contribution in [-0.2, 0) is 19.0 Å². The van der Waals surface area contributed by atoms with Crippen LogP contribution in [0.4, 0.5) is 0 Å². The average molecular weight is 253 g/mol. The van der Waals surface area contributed by atoms with Crippen molar-refractivity contribution in [2.45, 2.75) is 37.9 Å². The Bertz CT molecular complexity index is 209. The highest BCUT2D eigenvalue weighted by atomic mass is 35.5. The normalized spacial score (nSPS) is 13.9. The zero-order chi connectivity index (χ0) is 12.8. The number of carbonyl (C=O) groups excluding carboxylic acids is 1. The Hall–Kier alpha value is -0.320. The monoisotopic (exact) mass is 252 g/mol. The molecule has 16 heavy (non-hydrogen) atoms. The van der Waals surface area contributed by atoms with Gasteiger partial charge in [-0.2, -0.15) is 0 Å². The van der Waals surface area contributed by atoms with Gasteiger partial charge in [-0.3, -0.25) is 4.79 Å². The number of esters is 1. The van der Waals surface area contributed by atoms with E-state index in [-0.39, 0.29) is 24.6 Å². The van der Waals surface area contributed by atoms with E-state index in [9.17, 15) is 4.79 Å². The van der Waals surface area contributed by atoms with E-state index in [1.54, 1.807) is 14.2 Å². The number of hydrogen-bond acceptors (Lipinski definition) is 4. The zero-order valence-corrected chi connectivity index (χ0v) is 11.3. The van der Waals surface area contributed by atoms with Gasteiger partial charge in [0, 0.05) is 25.5 Å². The average Bonchev–Trinajstić information content (AvgIpc) is 2.22. The topological polar surface area (TPSA) is 44.8 Å². The molecule has 0 aliphatic rings. The van der Waals surface area contributed by atoms with E-state index in [4.69, 9.17) is 21.1 Å². The van der Waals surface area contributed by atoms with Gasteiger partial charge in [0.1, 0.15) is 0 Å². The Morgan fingerprint density at radius 2 is 1.75 bits per heavy atom. The summed E-state index contributed by atoms with van der Waals surface area (Å²) >= 11 is 6.24. The largest absolute Gasteiger partial charge is 0.469 e. The highest BCUT2D eigenvalue weighted by molar-refractivity contribution is 6.23. The fourth-order valence-electron chi connectivity index (χ4n) is 1.41. The Morgan fingerprint density at radius 3 is 2.06 bits per heavy atom. The van der Waals surface area contributed by atoms with E-state index in [2.05, 4.69) is 4.74 Å². The molecule has 5 heteroatoms. The molecule has 0 spiro atoms. The smallest absolute Gasteiger partial charge is 0.305 e. The Morgan fingerprint density at radius 1 is 1.25 bits per heavy atom. The van der Waals surface area contributed by atoms with Crippen LogP contribution in [-0.4, -0.2) is 38.5 Å². The molecule has 0 aromatic carbocycles. The van der Waals surface area contributed by atoms with E-state index < -0.39 is 4.87 Å². The molecule has 0 radical (unpaired) electrons. The predicted octanol–water partition coefficient (Wildman–Crippen LogP) is 2.19. The van der Waals surface area contributed by atoms with Gasteiger partial charge in [-0.15, -0.1) is 11.6 Å². The van der Waals surface area contributed by atoms with Crippen molar-refractivity contribution in [1.29, 1.82) is 0 Å². The number of ether oxygens (including phenoxy) is 3. The summed E-state index contributed by atoms with van der Waals surface area (Å²) in [6.07, 6.45) is 0.460. The quantitative estimate of drug-likeness (QED) is 0.396. The number of methoxy groups -OCH3 is 3. The fraction of sp³-hybridized carbons (Fsp3) is 0.909. The van der Waals surface area contributed by atoms with Crippen molar-refractivity contribution in [1.82, 2.24) is 0 Å². The van der Waals surface area contributed by atoms with Crippen molar-refractivity contribution in [2.75, 3.05) is 21.3 Å². The molecular formula is C11H21ClO4. The zero-order valence-electron chi connectivity index (χ0n) is 10.6. The first-order valence-electron chi connectivity index (χ1n) is 5.16. The molecule has 0 aromatic heterocycles. The van der Waals surface area contributed by atoms with Crippen LogP contribution >= 0.6 is 11.6 Å². The van der Waals surface area contributed by atoms with Crippen molar-refractivity contribution >= 4 is 17.6 Å². The highest BCUT2D eigenvalue weighted by Gasteiger charge is 2.32. The van der Waals surface area contributed by atoms with Crippen LogP contribution in [0.15, 0.2) is 0 Å². The van der Waals surface area contributed by atoms with E-state index in [1.807, 2.05) is 13.8 Å². The summed E-state index contributed by atoms with van der Waals surface area (Å²) in [5.41, 5.74) is 0. The molecule has 0 aromatic rings. The van der Waals surface area contributed by atoms with Crippen molar-refractivity contribution < 1.29 is 19.0 Å². The molecular weight excluding hydrogens is 232 g/mol. The second kappa shape index (κ2) is 7.09. The number of halogens is 1. The maximum Gasteiger partial charge on any atom is 0.305 e.